The molecule has 0 saturated carbocycles. The number of aromatic nitrogens is 1. The van der Waals surface area contributed by atoms with Crippen molar-refractivity contribution < 1.29 is 4.84 Å². The van der Waals surface area contributed by atoms with Gasteiger partial charge in [0.15, 0.2) is 0 Å². The summed E-state index contributed by atoms with van der Waals surface area (Å²) in [6.45, 7) is 4.60. The minimum atomic E-state index is -0.106. The summed E-state index contributed by atoms with van der Waals surface area (Å²) in [5, 5.41) is 0. The fourth-order valence-electron chi connectivity index (χ4n) is 1.07. The fraction of sp³-hybridized carbons (Fsp3) is 0.444. The molecule has 1 aromatic heterocycles. The van der Waals surface area contributed by atoms with Gasteiger partial charge in [-0.25, -0.2) is 5.90 Å². The van der Waals surface area contributed by atoms with Crippen LogP contribution in [-0.4, -0.2) is 11.6 Å². The molecule has 0 radical (unpaired) electrons. The van der Waals surface area contributed by atoms with Crippen LogP contribution >= 0.6 is 15.9 Å². The van der Waals surface area contributed by atoms with Crippen molar-refractivity contribution in [3.63, 3.8) is 0 Å². The Bertz CT molecular complexity index is 289. The van der Waals surface area contributed by atoms with E-state index in [1.54, 1.807) is 6.20 Å². The Hall–Kier alpha value is -0.450. The van der Waals surface area contributed by atoms with E-state index < -0.39 is 0 Å². The average Bonchev–Trinajstić information content (AvgIpc) is 2.04. The molecule has 13 heavy (non-hydrogen) atoms. The molecule has 0 bridgehead atoms. The number of hydrogen-bond donors (Lipinski definition) is 1. The summed E-state index contributed by atoms with van der Waals surface area (Å²) in [5.74, 6) is 5.06. The molecule has 0 fully saturated rings. The van der Waals surface area contributed by atoms with E-state index in [1.807, 2.05) is 12.3 Å². The second-order valence-corrected chi connectivity index (χ2v) is 4.50. The third-order valence-corrected chi connectivity index (χ3v) is 2.36. The number of rotatable bonds is 3. The first kappa shape index (κ1) is 10.6. The molecule has 1 heterocycles. The Kier molecular flexibility index (Phi) is 3.41. The minimum absolute atomic E-state index is 0.106. The zero-order valence-electron chi connectivity index (χ0n) is 7.75. The molecular weight excluding hydrogens is 232 g/mol. The van der Waals surface area contributed by atoms with Gasteiger partial charge in [-0.15, -0.1) is 0 Å². The van der Waals surface area contributed by atoms with Gasteiger partial charge in [0.1, 0.15) is 0 Å². The third-order valence-electron chi connectivity index (χ3n) is 1.93. The summed E-state index contributed by atoms with van der Waals surface area (Å²) in [5.41, 5.74) is 0.998. The van der Waals surface area contributed by atoms with Gasteiger partial charge in [-0.3, -0.25) is 4.98 Å². The van der Waals surface area contributed by atoms with Gasteiger partial charge in [-0.1, -0.05) is 13.8 Å². The highest BCUT2D eigenvalue weighted by molar-refractivity contribution is 9.10. The predicted molar refractivity (Wildman–Crippen MR) is 55.1 cm³/mol. The van der Waals surface area contributed by atoms with Gasteiger partial charge in [0.05, 0.1) is 6.61 Å². The molecule has 2 N–H and O–H groups in total. The van der Waals surface area contributed by atoms with E-state index in [1.165, 1.54) is 0 Å². The molecule has 1 rings (SSSR count). The second-order valence-electron chi connectivity index (χ2n) is 3.59. The van der Waals surface area contributed by atoms with E-state index in [0.29, 0.717) is 6.61 Å². The molecule has 72 valence electrons. The Morgan fingerprint density at radius 3 is 2.77 bits per heavy atom. The molecule has 0 unspecified atom stereocenters. The zero-order valence-corrected chi connectivity index (χ0v) is 9.34. The van der Waals surface area contributed by atoms with Crippen molar-refractivity contribution in [3.05, 3.63) is 28.5 Å². The summed E-state index contributed by atoms with van der Waals surface area (Å²) >= 11 is 3.37. The van der Waals surface area contributed by atoms with Crippen LogP contribution in [0.3, 0.4) is 0 Å². The van der Waals surface area contributed by atoms with Gasteiger partial charge in [-0.2, -0.15) is 0 Å². The maximum atomic E-state index is 5.06. The van der Waals surface area contributed by atoms with Crippen LogP contribution in [0.5, 0.6) is 0 Å². The first-order valence-electron chi connectivity index (χ1n) is 3.99. The maximum absolute atomic E-state index is 5.06. The van der Waals surface area contributed by atoms with E-state index in [0.717, 1.165) is 10.0 Å². The van der Waals surface area contributed by atoms with Gasteiger partial charge >= 0.3 is 0 Å². The van der Waals surface area contributed by atoms with E-state index in [2.05, 4.69) is 39.6 Å². The molecular formula is C9H13BrN2O. The van der Waals surface area contributed by atoms with Crippen molar-refractivity contribution in [1.82, 2.24) is 4.98 Å². The molecule has 0 aliphatic heterocycles. The molecule has 0 atom stereocenters. The highest BCUT2D eigenvalue weighted by Gasteiger charge is 2.21. The fourth-order valence-corrected chi connectivity index (χ4v) is 1.44. The minimum Gasteiger partial charge on any atom is -0.304 e. The molecule has 4 heteroatoms. The monoisotopic (exact) mass is 244 g/mol. The van der Waals surface area contributed by atoms with Crippen molar-refractivity contribution in [2.75, 3.05) is 6.61 Å². The average molecular weight is 245 g/mol. The predicted octanol–water partition coefficient (Wildman–Crippen LogP) is 2.01. The Labute approximate surface area is 86.4 Å². The summed E-state index contributed by atoms with van der Waals surface area (Å²) in [7, 11) is 0. The lowest BCUT2D eigenvalue weighted by atomic mass is 9.87. The summed E-state index contributed by atoms with van der Waals surface area (Å²) in [6.07, 6.45) is 3.58. The third kappa shape index (κ3) is 2.76. The molecule has 0 spiro atoms. The maximum Gasteiger partial charge on any atom is 0.0771 e. The van der Waals surface area contributed by atoms with Crippen molar-refractivity contribution >= 4 is 15.9 Å². The number of nitrogens with two attached hydrogens (primary N) is 1. The summed E-state index contributed by atoms with van der Waals surface area (Å²) in [4.78, 5) is 8.75. The van der Waals surface area contributed by atoms with Gasteiger partial charge in [-0.05, 0) is 27.6 Å². The molecule has 0 aliphatic rings. The lowest BCUT2D eigenvalue weighted by molar-refractivity contribution is 0.0963. The Morgan fingerprint density at radius 1 is 1.54 bits per heavy atom. The van der Waals surface area contributed by atoms with Crippen LogP contribution < -0.4 is 5.90 Å². The van der Waals surface area contributed by atoms with E-state index >= 15 is 0 Å². The van der Waals surface area contributed by atoms with E-state index in [-0.39, 0.29) is 5.41 Å². The number of nitrogens with zero attached hydrogens (tertiary/aromatic N) is 1. The number of hydrogen-bond acceptors (Lipinski definition) is 3. The molecule has 0 aliphatic carbocycles. The van der Waals surface area contributed by atoms with Crippen LogP contribution in [0, 0.1) is 0 Å². The quantitative estimate of drug-likeness (QED) is 0.828. The van der Waals surface area contributed by atoms with Crippen molar-refractivity contribution in [3.8, 4) is 0 Å². The van der Waals surface area contributed by atoms with Crippen LogP contribution in [0.15, 0.2) is 22.9 Å². The summed E-state index contributed by atoms with van der Waals surface area (Å²) < 4.78 is 0.968. The molecule has 3 nitrogen and oxygen atoms in total. The van der Waals surface area contributed by atoms with Crippen molar-refractivity contribution in [1.29, 1.82) is 0 Å². The first-order chi connectivity index (χ1) is 6.06. The number of halogens is 1. The lowest BCUT2D eigenvalue weighted by Crippen LogP contribution is -2.26. The highest BCUT2D eigenvalue weighted by atomic mass is 79.9. The van der Waals surface area contributed by atoms with Gasteiger partial charge in [0.2, 0.25) is 0 Å². The smallest absolute Gasteiger partial charge is 0.0771 e. The largest absolute Gasteiger partial charge is 0.304 e. The normalized spacial score (nSPS) is 11.7. The molecule has 0 aromatic carbocycles. The molecule has 0 saturated heterocycles. The SMILES string of the molecule is CC(C)(CON)c1cncc(Br)c1. The van der Waals surface area contributed by atoms with Crippen LogP contribution in [0.1, 0.15) is 19.4 Å². The van der Waals surface area contributed by atoms with Crippen molar-refractivity contribution in [2.45, 2.75) is 19.3 Å². The van der Waals surface area contributed by atoms with Gasteiger partial charge in [0, 0.05) is 22.3 Å². The van der Waals surface area contributed by atoms with Crippen LogP contribution in [-0.2, 0) is 10.3 Å². The van der Waals surface area contributed by atoms with Crippen LogP contribution in [0.4, 0.5) is 0 Å². The Balaban J connectivity index is 2.93. The number of pyridine rings is 1. The van der Waals surface area contributed by atoms with Crippen LogP contribution in [0.2, 0.25) is 0 Å². The Morgan fingerprint density at radius 2 is 2.23 bits per heavy atom. The lowest BCUT2D eigenvalue weighted by Gasteiger charge is -2.23. The summed E-state index contributed by atoms with van der Waals surface area (Å²) in [6, 6.07) is 2.02. The molecule has 1 aromatic rings. The van der Waals surface area contributed by atoms with E-state index in [4.69, 9.17) is 5.90 Å². The topological polar surface area (TPSA) is 48.1 Å². The van der Waals surface area contributed by atoms with Gasteiger partial charge < -0.3 is 4.84 Å². The highest BCUT2D eigenvalue weighted by Crippen LogP contribution is 2.24. The van der Waals surface area contributed by atoms with Crippen LogP contribution in [0.25, 0.3) is 0 Å². The second kappa shape index (κ2) is 4.17. The van der Waals surface area contributed by atoms with Gasteiger partial charge in [0.25, 0.3) is 0 Å². The molecule has 0 amide bonds. The zero-order chi connectivity index (χ0) is 9.90. The first-order valence-corrected chi connectivity index (χ1v) is 4.78. The van der Waals surface area contributed by atoms with E-state index in [9.17, 15) is 0 Å². The van der Waals surface area contributed by atoms with Crippen molar-refractivity contribution in [2.24, 2.45) is 5.90 Å². The standard InChI is InChI=1S/C9H13BrN2O/c1-9(2,6-13-11)7-3-8(10)5-12-4-7/h3-5H,6,11H2,1-2H3.